The lowest BCUT2D eigenvalue weighted by Crippen LogP contribution is -2.09. The predicted octanol–water partition coefficient (Wildman–Crippen LogP) is 3.70. The number of benzene rings is 1. The third-order valence-electron chi connectivity index (χ3n) is 3.64. The molecule has 0 aliphatic rings. The molecule has 0 spiro atoms. The number of aryl methyl sites for hydroxylation is 2. The first kappa shape index (κ1) is 15.0. The van der Waals surface area contributed by atoms with Crippen molar-refractivity contribution in [3.05, 3.63) is 46.5 Å². The molecule has 1 aromatic heterocycles. The summed E-state index contributed by atoms with van der Waals surface area (Å²) >= 11 is 0. The van der Waals surface area contributed by atoms with Gasteiger partial charge in [0.05, 0.1) is 17.3 Å². The Morgan fingerprint density at radius 1 is 1.43 bits per heavy atom. The van der Waals surface area contributed by atoms with E-state index in [2.05, 4.69) is 17.3 Å². The van der Waals surface area contributed by atoms with Gasteiger partial charge in [-0.3, -0.25) is 4.68 Å². The van der Waals surface area contributed by atoms with E-state index < -0.39 is 5.82 Å². The van der Waals surface area contributed by atoms with Gasteiger partial charge in [0.15, 0.2) is 0 Å². The van der Waals surface area contributed by atoms with Crippen molar-refractivity contribution < 1.29 is 4.39 Å². The van der Waals surface area contributed by atoms with Gasteiger partial charge in [-0.25, -0.2) is 4.39 Å². The van der Waals surface area contributed by atoms with Crippen LogP contribution < -0.4 is 5.32 Å². The number of hydrogen-bond acceptors (Lipinski definition) is 3. The van der Waals surface area contributed by atoms with Gasteiger partial charge in [-0.2, -0.15) is 10.4 Å². The van der Waals surface area contributed by atoms with E-state index in [-0.39, 0.29) is 11.6 Å². The van der Waals surface area contributed by atoms with Crippen LogP contribution in [-0.2, 0) is 6.54 Å². The molecule has 1 aromatic carbocycles. The summed E-state index contributed by atoms with van der Waals surface area (Å²) in [6.07, 6.45) is 0. The van der Waals surface area contributed by atoms with Gasteiger partial charge in [0.1, 0.15) is 11.9 Å². The molecule has 1 unspecified atom stereocenters. The lowest BCUT2D eigenvalue weighted by atomic mass is 10.1. The summed E-state index contributed by atoms with van der Waals surface area (Å²) in [6, 6.07) is 6.36. The highest BCUT2D eigenvalue weighted by Crippen LogP contribution is 2.26. The van der Waals surface area contributed by atoms with E-state index in [1.165, 1.54) is 12.1 Å². The van der Waals surface area contributed by atoms with Crippen molar-refractivity contribution in [3.63, 3.8) is 0 Å². The lowest BCUT2D eigenvalue weighted by molar-refractivity contribution is 0.624. The Kier molecular flexibility index (Phi) is 4.27. The van der Waals surface area contributed by atoms with Crippen molar-refractivity contribution in [1.82, 2.24) is 9.78 Å². The van der Waals surface area contributed by atoms with E-state index in [0.717, 1.165) is 29.2 Å². The van der Waals surface area contributed by atoms with Crippen LogP contribution >= 0.6 is 0 Å². The standard InChI is InChI=1S/C16H19FN4/c1-5-21-12(4)16(11(3)20-21)10(2)19-14-6-7-15(17)13(8-14)9-18/h6-8,10,19H,5H2,1-4H3. The van der Waals surface area contributed by atoms with Gasteiger partial charge in [0, 0.05) is 23.5 Å². The fourth-order valence-electron chi connectivity index (χ4n) is 2.67. The molecule has 2 aromatic rings. The van der Waals surface area contributed by atoms with Crippen molar-refractivity contribution in [2.24, 2.45) is 0 Å². The van der Waals surface area contributed by atoms with Crippen molar-refractivity contribution in [2.75, 3.05) is 5.32 Å². The second-order valence-corrected chi connectivity index (χ2v) is 5.07. The normalized spacial score (nSPS) is 12.0. The minimum Gasteiger partial charge on any atom is -0.378 e. The molecule has 0 bridgehead atoms. The predicted molar refractivity (Wildman–Crippen MR) is 80.5 cm³/mol. The van der Waals surface area contributed by atoms with Crippen LogP contribution in [0.15, 0.2) is 18.2 Å². The van der Waals surface area contributed by atoms with Gasteiger partial charge in [0.25, 0.3) is 0 Å². The fourth-order valence-corrected chi connectivity index (χ4v) is 2.67. The van der Waals surface area contributed by atoms with E-state index >= 15 is 0 Å². The number of aromatic nitrogens is 2. The molecule has 1 N–H and O–H groups in total. The molecule has 0 saturated heterocycles. The van der Waals surface area contributed by atoms with Gasteiger partial charge >= 0.3 is 0 Å². The Morgan fingerprint density at radius 2 is 2.14 bits per heavy atom. The third-order valence-corrected chi connectivity index (χ3v) is 3.64. The molecule has 0 fully saturated rings. The Balaban J connectivity index is 2.28. The summed E-state index contributed by atoms with van der Waals surface area (Å²) in [4.78, 5) is 0. The molecule has 5 heteroatoms. The van der Waals surface area contributed by atoms with Crippen LogP contribution in [0.4, 0.5) is 10.1 Å². The third kappa shape index (κ3) is 2.89. The number of nitriles is 1. The van der Waals surface area contributed by atoms with Gasteiger partial charge in [-0.05, 0) is 45.9 Å². The molecule has 0 aliphatic carbocycles. The number of nitrogens with one attached hydrogen (secondary N) is 1. The lowest BCUT2D eigenvalue weighted by Gasteiger charge is -2.16. The zero-order valence-corrected chi connectivity index (χ0v) is 12.7. The first-order valence-corrected chi connectivity index (χ1v) is 6.98. The van der Waals surface area contributed by atoms with E-state index in [1.54, 1.807) is 6.07 Å². The van der Waals surface area contributed by atoms with Gasteiger partial charge in [-0.1, -0.05) is 0 Å². The highest BCUT2D eigenvalue weighted by Gasteiger charge is 2.17. The van der Waals surface area contributed by atoms with Crippen LogP contribution in [0.25, 0.3) is 0 Å². The van der Waals surface area contributed by atoms with Crippen molar-refractivity contribution in [1.29, 1.82) is 5.26 Å². The average Bonchev–Trinajstić information content (AvgIpc) is 2.75. The fraction of sp³-hybridized carbons (Fsp3) is 0.375. The number of anilines is 1. The molecule has 0 aliphatic heterocycles. The number of nitrogens with zero attached hydrogens (tertiary/aromatic N) is 3. The molecule has 110 valence electrons. The molecule has 0 amide bonds. The Morgan fingerprint density at radius 3 is 2.71 bits per heavy atom. The van der Waals surface area contributed by atoms with E-state index in [4.69, 9.17) is 5.26 Å². The summed E-state index contributed by atoms with van der Waals surface area (Å²) in [5.74, 6) is -0.498. The molecule has 1 atom stereocenters. The molecule has 0 radical (unpaired) electrons. The highest BCUT2D eigenvalue weighted by molar-refractivity contribution is 5.51. The molecular weight excluding hydrogens is 267 g/mol. The van der Waals surface area contributed by atoms with Crippen LogP contribution in [0.2, 0.25) is 0 Å². The number of halogens is 1. The average molecular weight is 286 g/mol. The summed E-state index contributed by atoms with van der Waals surface area (Å²) in [5, 5.41) is 16.7. The van der Waals surface area contributed by atoms with E-state index in [9.17, 15) is 4.39 Å². The zero-order valence-electron chi connectivity index (χ0n) is 12.7. The molecular formula is C16H19FN4. The Hall–Kier alpha value is -2.35. The monoisotopic (exact) mass is 286 g/mol. The van der Waals surface area contributed by atoms with Gasteiger partial charge in [0.2, 0.25) is 0 Å². The van der Waals surface area contributed by atoms with Crippen molar-refractivity contribution >= 4 is 5.69 Å². The van der Waals surface area contributed by atoms with Gasteiger partial charge in [-0.15, -0.1) is 0 Å². The quantitative estimate of drug-likeness (QED) is 0.932. The number of rotatable bonds is 4. The Labute approximate surface area is 124 Å². The topological polar surface area (TPSA) is 53.6 Å². The first-order valence-electron chi connectivity index (χ1n) is 6.98. The minimum absolute atomic E-state index is 0.0299. The van der Waals surface area contributed by atoms with E-state index in [0.29, 0.717) is 0 Å². The highest BCUT2D eigenvalue weighted by atomic mass is 19.1. The maximum atomic E-state index is 13.3. The first-order chi connectivity index (χ1) is 9.97. The van der Waals surface area contributed by atoms with Crippen LogP contribution in [0.5, 0.6) is 0 Å². The Bertz CT molecular complexity index is 697. The van der Waals surface area contributed by atoms with Crippen LogP contribution in [-0.4, -0.2) is 9.78 Å². The second-order valence-electron chi connectivity index (χ2n) is 5.07. The van der Waals surface area contributed by atoms with Crippen LogP contribution in [0.1, 0.15) is 42.4 Å². The summed E-state index contributed by atoms with van der Waals surface area (Å²) < 4.78 is 15.3. The second kappa shape index (κ2) is 5.96. The maximum absolute atomic E-state index is 13.3. The smallest absolute Gasteiger partial charge is 0.141 e. The molecule has 2 rings (SSSR count). The van der Waals surface area contributed by atoms with Crippen molar-refractivity contribution in [3.8, 4) is 6.07 Å². The van der Waals surface area contributed by atoms with Crippen molar-refractivity contribution in [2.45, 2.75) is 40.3 Å². The summed E-state index contributed by atoms with van der Waals surface area (Å²) in [7, 11) is 0. The minimum atomic E-state index is -0.498. The molecule has 0 saturated carbocycles. The van der Waals surface area contributed by atoms with E-state index in [1.807, 2.05) is 31.5 Å². The SMILES string of the molecule is CCn1nc(C)c(C(C)Nc2ccc(F)c(C#N)c2)c1C. The summed E-state index contributed by atoms with van der Waals surface area (Å²) in [6.45, 7) is 8.95. The van der Waals surface area contributed by atoms with Gasteiger partial charge < -0.3 is 5.32 Å². The largest absolute Gasteiger partial charge is 0.378 e. The number of hydrogen-bond donors (Lipinski definition) is 1. The van der Waals surface area contributed by atoms with Crippen LogP contribution in [0.3, 0.4) is 0 Å². The molecule has 4 nitrogen and oxygen atoms in total. The maximum Gasteiger partial charge on any atom is 0.141 e. The summed E-state index contributed by atoms with van der Waals surface area (Å²) in [5.41, 5.74) is 4.02. The zero-order chi connectivity index (χ0) is 15.6. The molecule has 21 heavy (non-hydrogen) atoms. The van der Waals surface area contributed by atoms with Crippen LogP contribution in [0, 0.1) is 31.0 Å². The molecule has 1 heterocycles.